The highest BCUT2D eigenvalue weighted by molar-refractivity contribution is 5.93. The lowest BCUT2D eigenvalue weighted by molar-refractivity contribution is -0.117. The van der Waals surface area contributed by atoms with Gasteiger partial charge in [0.2, 0.25) is 5.91 Å². The molecule has 10 nitrogen and oxygen atoms in total. The van der Waals surface area contributed by atoms with Crippen LogP contribution in [0.5, 0.6) is 0 Å². The van der Waals surface area contributed by atoms with Gasteiger partial charge in [0.25, 0.3) is 0 Å². The van der Waals surface area contributed by atoms with Gasteiger partial charge in [-0.2, -0.15) is 5.10 Å². The topological polar surface area (TPSA) is 112 Å². The number of nitrogens with one attached hydrogen (secondary N) is 1. The Bertz CT molecular complexity index is 1680. The molecule has 0 aliphatic carbocycles. The maximum Gasteiger partial charge on any atom is 0.350 e. The highest BCUT2D eigenvalue weighted by atomic mass is 16.5. The highest BCUT2D eigenvalue weighted by Crippen LogP contribution is 2.23. The number of benzene rings is 2. The molecule has 1 amide bonds. The number of nitrogens with zero attached hydrogens (tertiary/aromatic N) is 5. The van der Waals surface area contributed by atoms with Crippen molar-refractivity contribution in [1.82, 2.24) is 23.8 Å². The number of ether oxygens (including phenoxy) is 1. The van der Waals surface area contributed by atoms with Crippen LogP contribution in [0, 0.1) is 13.8 Å². The number of carbonyl (C=O) groups is 2. The highest BCUT2D eigenvalue weighted by Gasteiger charge is 2.16. The third-order valence-corrected chi connectivity index (χ3v) is 5.97. The fourth-order valence-electron chi connectivity index (χ4n) is 3.92. The van der Waals surface area contributed by atoms with E-state index < -0.39 is 17.6 Å². The van der Waals surface area contributed by atoms with Gasteiger partial charge >= 0.3 is 11.7 Å². The summed E-state index contributed by atoms with van der Waals surface area (Å²) >= 11 is 0. The largest absolute Gasteiger partial charge is 0.462 e. The van der Waals surface area contributed by atoms with Gasteiger partial charge < -0.3 is 10.1 Å². The van der Waals surface area contributed by atoms with Crippen LogP contribution in [0.3, 0.4) is 0 Å². The third kappa shape index (κ3) is 4.24. The van der Waals surface area contributed by atoms with E-state index in [1.165, 1.54) is 9.96 Å². The molecule has 2 aromatic carbocycles. The van der Waals surface area contributed by atoms with Gasteiger partial charge in [0.05, 0.1) is 17.9 Å². The first-order valence-corrected chi connectivity index (χ1v) is 11.5. The van der Waals surface area contributed by atoms with Crippen LogP contribution in [0.4, 0.5) is 5.69 Å². The molecule has 0 bridgehead atoms. The summed E-state index contributed by atoms with van der Waals surface area (Å²) < 4.78 is 9.13. The third-order valence-electron chi connectivity index (χ3n) is 5.97. The van der Waals surface area contributed by atoms with Crippen molar-refractivity contribution in [3.63, 3.8) is 0 Å². The minimum Gasteiger partial charge on any atom is -0.462 e. The van der Waals surface area contributed by atoms with Crippen LogP contribution in [0.15, 0.2) is 65.7 Å². The first-order chi connectivity index (χ1) is 17.3. The molecule has 5 rings (SSSR count). The van der Waals surface area contributed by atoms with Gasteiger partial charge in [-0.25, -0.2) is 23.2 Å². The van der Waals surface area contributed by atoms with Gasteiger partial charge in [-0.15, -0.1) is 5.10 Å². The summed E-state index contributed by atoms with van der Waals surface area (Å²) in [5.41, 5.74) is 5.58. The smallest absolute Gasteiger partial charge is 0.350 e. The lowest BCUT2D eigenvalue weighted by Crippen LogP contribution is -2.28. The quantitative estimate of drug-likeness (QED) is 0.370. The Morgan fingerprint density at radius 3 is 2.47 bits per heavy atom. The number of aryl methyl sites for hydroxylation is 2. The van der Waals surface area contributed by atoms with Gasteiger partial charge in [-0.05, 0) is 68.3 Å². The van der Waals surface area contributed by atoms with Gasteiger partial charge in [0.15, 0.2) is 5.65 Å². The molecule has 3 heterocycles. The molecule has 36 heavy (non-hydrogen) atoms. The zero-order valence-corrected chi connectivity index (χ0v) is 20.1. The minimum absolute atomic E-state index is 0.273. The normalized spacial score (nSPS) is 11.2. The first-order valence-electron chi connectivity index (χ1n) is 11.5. The summed E-state index contributed by atoms with van der Waals surface area (Å²) in [5.74, 6) is -0.858. The average molecular weight is 485 g/mol. The number of anilines is 1. The summed E-state index contributed by atoms with van der Waals surface area (Å²) in [4.78, 5) is 37.3. The van der Waals surface area contributed by atoms with E-state index in [4.69, 9.17) is 4.74 Å². The van der Waals surface area contributed by atoms with Crippen LogP contribution in [-0.2, 0) is 16.1 Å². The van der Waals surface area contributed by atoms with Crippen molar-refractivity contribution in [2.45, 2.75) is 27.3 Å². The Balaban J connectivity index is 1.39. The van der Waals surface area contributed by atoms with E-state index in [1.807, 2.05) is 25.1 Å². The Labute approximate surface area is 205 Å². The zero-order valence-electron chi connectivity index (χ0n) is 20.1. The van der Waals surface area contributed by atoms with E-state index in [-0.39, 0.29) is 13.2 Å². The summed E-state index contributed by atoms with van der Waals surface area (Å²) in [5, 5.41) is 11.7. The molecule has 3 aromatic heterocycles. The van der Waals surface area contributed by atoms with Crippen molar-refractivity contribution < 1.29 is 14.3 Å². The number of esters is 1. The lowest BCUT2D eigenvalue weighted by Gasteiger charge is -2.06. The Hall–Kier alpha value is -4.73. The first kappa shape index (κ1) is 23.0. The zero-order chi connectivity index (χ0) is 25.4. The predicted octanol–water partition coefficient (Wildman–Crippen LogP) is 3.24. The Kier molecular flexibility index (Phi) is 5.85. The van der Waals surface area contributed by atoms with Crippen LogP contribution in [0.2, 0.25) is 0 Å². The van der Waals surface area contributed by atoms with E-state index in [0.717, 1.165) is 21.5 Å². The van der Waals surface area contributed by atoms with Crippen molar-refractivity contribution in [3.8, 4) is 11.3 Å². The number of fused-ring (bicyclic) bond motifs is 3. The lowest BCUT2D eigenvalue weighted by atomic mass is 10.0. The van der Waals surface area contributed by atoms with Crippen molar-refractivity contribution in [2.24, 2.45) is 0 Å². The fraction of sp³-hybridized carbons (Fsp3) is 0.192. The van der Waals surface area contributed by atoms with Crippen LogP contribution in [0.1, 0.15) is 28.4 Å². The summed E-state index contributed by atoms with van der Waals surface area (Å²) in [6.07, 6.45) is 3.27. The molecule has 182 valence electrons. The molecular weight excluding hydrogens is 460 g/mol. The minimum atomic E-state index is -0.436. The second kappa shape index (κ2) is 9.14. The van der Waals surface area contributed by atoms with Crippen LogP contribution >= 0.6 is 0 Å². The van der Waals surface area contributed by atoms with Gasteiger partial charge in [0.1, 0.15) is 12.1 Å². The number of carbonyl (C=O) groups excluding carboxylic acids is 2. The molecule has 0 radical (unpaired) electrons. The second-order valence-corrected chi connectivity index (χ2v) is 8.44. The molecule has 0 saturated heterocycles. The molecule has 0 aliphatic rings. The number of hydrogen-bond donors (Lipinski definition) is 1. The Morgan fingerprint density at radius 1 is 0.972 bits per heavy atom. The maximum atomic E-state index is 12.9. The van der Waals surface area contributed by atoms with Gasteiger partial charge in [0, 0.05) is 23.6 Å². The molecule has 0 aliphatic heterocycles. The number of aromatic nitrogens is 5. The fourth-order valence-corrected chi connectivity index (χ4v) is 3.92. The number of hydrogen-bond acceptors (Lipinski definition) is 6. The number of amides is 1. The summed E-state index contributed by atoms with van der Waals surface area (Å²) in [7, 11) is 0. The molecule has 0 unspecified atom stereocenters. The molecule has 0 saturated carbocycles. The number of rotatable bonds is 6. The monoisotopic (exact) mass is 484 g/mol. The Morgan fingerprint density at radius 2 is 1.75 bits per heavy atom. The van der Waals surface area contributed by atoms with Crippen molar-refractivity contribution in [2.75, 3.05) is 11.9 Å². The summed E-state index contributed by atoms with van der Waals surface area (Å²) in [6, 6.07) is 14.3. The second-order valence-electron chi connectivity index (χ2n) is 8.44. The standard InChI is InChI=1S/C26H24N6O4/c1-4-36-25(34)18-7-9-20(10-8-18)27-23(33)15-32-26(35)30-11-12-31-22(24(30)29-32)14-21(28-31)19-6-5-16(2)17(3)13-19/h5-14H,4,15H2,1-3H3,(H,27,33). The summed E-state index contributed by atoms with van der Waals surface area (Å²) in [6.45, 7) is 5.84. The SMILES string of the molecule is CCOC(=O)c1ccc(NC(=O)Cn2nc3c4cc(-c5ccc(C)c(C)c5)nn4ccn3c2=O)cc1. The van der Waals surface area contributed by atoms with Gasteiger partial charge in [-0.3, -0.25) is 4.79 Å². The van der Waals surface area contributed by atoms with E-state index in [1.54, 1.807) is 48.1 Å². The van der Waals surface area contributed by atoms with Crippen LogP contribution in [-0.4, -0.2) is 42.3 Å². The molecule has 1 N–H and O–H groups in total. The van der Waals surface area contributed by atoms with Crippen LogP contribution < -0.4 is 11.0 Å². The van der Waals surface area contributed by atoms with Crippen LogP contribution in [0.25, 0.3) is 22.4 Å². The predicted molar refractivity (Wildman–Crippen MR) is 134 cm³/mol. The van der Waals surface area contributed by atoms with E-state index in [0.29, 0.717) is 22.4 Å². The molecule has 0 atom stereocenters. The molecular formula is C26H24N6O4. The van der Waals surface area contributed by atoms with Crippen molar-refractivity contribution in [3.05, 3.63) is 88.1 Å². The molecule has 5 aromatic rings. The van der Waals surface area contributed by atoms with E-state index >= 15 is 0 Å². The average Bonchev–Trinajstić information content (AvgIpc) is 3.43. The molecule has 0 fully saturated rings. The van der Waals surface area contributed by atoms with E-state index in [2.05, 4.69) is 28.5 Å². The van der Waals surface area contributed by atoms with Gasteiger partial charge in [-0.1, -0.05) is 12.1 Å². The van der Waals surface area contributed by atoms with Crippen molar-refractivity contribution in [1.29, 1.82) is 0 Å². The maximum absolute atomic E-state index is 12.9. The van der Waals surface area contributed by atoms with Crippen molar-refractivity contribution >= 4 is 28.7 Å². The molecule has 0 spiro atoms. The van der Waals surface area contributed by atoms with E-state index in [9.17, 15) is 14.4 Å². The molecule has 10 heteroatoms.